The normalized spacial score (nSPS) is 11.4. The van der Waals surface area contributed by atoms with E-state index in [0.29, 0.717) is 28.3 Å². The molecule has 4 rings (SSSR count). The number of carbonyl (C=O) groups excluding carboxylic acids is 2. The van der Waals surface area contributed by atoms with Crippen LogP contribution in [0, 0.1) is 5.82 Å². The molecule has 0 saturated carbocycles. The van der Waals surface area contributed by atoms with Gasteiger partial charge in [0.2, 0.25) is 0 Å². The van der Waals surface area contributed by atoms with Gasteiger partial charge in [0.05, 0.1) is 12.2 Å². The van der Waals surface area contributed by atoms with E-state index < -0.39 is 5.82 Å². The summed E-state index contributed by atoms with van der Waals surface area (Å²) < 4.78 is 18.7. The highest BCUT2D eigenvalue weighted by Gasteiger charge is 2.13. The molecule has 1 unspecified atom stereocenters. The average molecular weight is 455 g/mol. The molecule has 0 saturated heterocycles. The van der Waals surface area contributed by atoms with Crippen molar-refractivity contribution in [3.05, 3.63) is 120 Å². The van der Waals surface area contributed by atoms with Crippen molar-refractivity contribution in [2.24, 2.45) is 0 Å². The summed E-state index contributed by atoms with van der Waals surface area (Å²) in [5.74, 6) is 0.284. The zero-order valence-electron chi connectivity index (χ0n) is 18.4. The number of nitrogens with zero attached hydrogens (tertiary/aromatic N) is 1. The van der Waals surface area contributed by atoms with Crippen molar-refractivity contribution >= 4 is 17.5 Å². The van der Waals surface area contributed by atoms with Gasteiger partial charge in [0.15, 0.2) is 0 Å². The van der Waals surface area contributed by atoms with Crippen molar-refractivity contribution in [2.75, 3.05) is 5.32 Å². The summed E-state index contributed by atoms with van der Waals surface area (Å²) in [7, 11) is 0. The molecule has 6 nitrogen and oxygen atoms in total. The zero-order chi connectivity index (χ0) is 23.9. The Morgan fingerprint density at radius 2 is 1.47 bits per heavy atom. The van der Waals surface area contributed by atoms with Crippen molar-refractivity contribution in [2.45, 2.75) is 13.0 Å². The lowest BCUT2D eigenvalue weighted by molar-refractivity contribution is 0.0939. The third kappa shape index (κ3) is 5.83. The summed E-state index contributed by atoms with van der Waals surface area (Å²) >= 11 is 0. The lowest BCUT2D eigenvalue weighted by Gasteiger charge is -2.15. The van der Waals surface area contributed by atoms with Gasteiger partial charge < -0.3 is 15.4 Å². The predicted octanol–water partition coefficient (Wildman–Crippen LogP) is 5.76. The number of benzene rings is 3. The third-order valence-corrected chi connectivity index (χ3v) is 5.11. The van der Waals surface area contributed by atoms with E-state index in [4.69, 9.17) is 4.74 Å². The van der Waals surface area contributed by atoms with Crippen LogP contribution in [0.3, 0.4) is 0 Å². The first-order chi connectivity index (χ1) is 16.5. The highest BCUT2D eigenvalue weighted by molar-refractivity contribution is 6.04. The molecule has 7 heteroatoms. The Kier molecular flexibility index (Phi) is 6.93. The molecule has 0 fully saturated rings. The molecule has 2 N–H and O–H groups in total. The van der Waals surface area contributed by atoms with E-state index in [9.17, 15) is 14.0 Å². The Morgan fingerprint density at radius 1 is 0.824 bits per heavy atom. The molecule has 1 heterocycles. The van der Waals surface area contributed by atoms with E-state index >= 15 is 0 Å². The molecule has 3 aromatic carbocycles. The molecule has 0 bridgehead atoms. The van der Waals surface area contributed by atoms with Crippen LogP contribution in [0.4, 0.5) is 10.1 Å². The van der Waals surface area contributed by atoms with E-state index in [1.54, 1.807) is 60.9 Å². The van der Waals surface area contributed by atoms with Crippen molar-refractivity contribution in [3.8, 4) is 11.5 Å². The number of rotatable bonds is 7. The topological polar surface area (TPSA) is 80.3 Å². The maximum atomic E-state index is 13.0. The number of hydrogen-bond donors (Lipinski definition) is 2. The first-order valence-electron chi connectivity index (χ1n) is 10.6. The van der Waals surface area contributed by atoms with Gasteiger partial charge in [-0.25, -0.2) is 4.39 Å². The molecule has 0 aliphatic carbocycles. The molecule has 0 aliphatic heterocycles. The highest BCUT2D eigenvalue weighted by atomic mass is 19.1. The smallest absolute Gasteiger partial charge is 0.255 e. The van der Waals surface area contributed by atoms with Crippen LogP contribution in [-0.2, 0) is 0 Å². The first kappa shape index (κ1) is 22.7. The van der Waals surface area contributed by atoms with Gasteiger partial charge in [-0.05, 0) is 85.3 Å². The molecule has 0 spiro atoms. The van der Waals surface area contributed by atoms with Crippen LogP contribution >= 0.6 is 0 Å². The van der Waals surface area contributed by atoms with Crippen LogP contribution in [0.25, 0.3) is 0 Å². The fraction of sp³-hybridized carbons (Fsp3) is 0.0741. The fourth-order valence-corrected chi connectivity index (χ4v) is 3.24. The van der Waals surface area contributed by atoms with Crippen LogP contribution in [0.2, 0.25) is 0 Å². The second kappa shape index (κ2) is 10.4. The lowest BCUT2D eigenvalue weighted by Crippen LogP contribution is -2.26. The van der Waals surface area contributed by atoms with Crippen LogP contribution in [-0.4, -0.2) is 16.8 Å². The summed E-state index contributed by atoms with van der Waals surface area (Å²) in [6.07, 6.45) is 3.28. The number of anilines is 1. The van der Waals surface area contributed by atoms with Gasteiger partial charge in [-0.15, -0.1) is 0 Å². The van der Waals surface area contributed by atoms with Gasteiger partial charge in [0, 0.05) is 23.0 Å². The third-order valence-electron chi connectivity index (χ3n) is 5.11. The van der Waals surface area contributed by atoms with E-state index in [1.807, 2.05) is 19.1 Å². The minimum atomic E-state index is -0.397. The van der Waals surface area contributed by atoms with Crippen molar-refractivity contribution in [1.29, 1.82) is 0 Å². The number of carbonyl (C=O) groups is 2. The molecule has 34 heavy (non-hydrogen) atoms. The van der Waals surface area contributed by atoms with Gasteiger partial charge in [0.1, 0.15) is 17.3 Å². The number of amides is 2. The van der Waals surface area contributed by atoms with Crippen LogP contribution in [0.15, 0.2) is 97.3 Å². The van der Waals surface area contributed by atoms with E-state index in [2.05, 4.69) is 15.6 Å². The number of hydrogen-bond acceptors (Lipinski definition) is 4. The van der Waals surface area contributed by atoms with Gasteiger partial charge in [-0.1, -0.05) is 12.1 Å². The van der Waals surface area contributed by atoms with Gasteiger partial charge in [-0.3, -0.25) is 14.6 Å². The number of halogens is 1. The van der Waals surface area contributed by atoms with Crippen molar-refractivity contribution in [3.63, 3.8) is 0 Å². The van der Waals surface area contributed by atoms with Crippen LogP contribution < -0.4 is 15.4 Å². The number of nitrogens with one attached hydrogen (secondary N) is 2. The van der Waals surface area contributed by atoms with E-state index in [1.165, 1.54) is 24.3 Å². The Hall–Kier alpha value is -4.52. The van der Waals surface area contributed by atoms with Crippen LogP contribution in [0.1, 0.15) is 39.2 Å². The monoisotopic (exact) mass is 455 g/mol. The van der Waals surface area contributed by atoms with Crippen molar-refractivity contribution in [1.82, 2.24) is 10.3 Å². The summed E-state index contributed by atoms with van der Waals surface area (Å²) in [5, 5.41) is 5.73. The maximum Gasteiger partial charge on any atom is 0.255 e. The quantitative estimate of drug-likeness (QED) is 0.372. The Bertz CT molecular complexity index is 1260. The molecule has 2 amide bonds. The summed E-state index contributed by atoms with van der Waals surface area (Å²) in [5.41, 5.74) is 2.35. The summed E-state index contributed by atoms with van der Waals surface area (Å²) in [4.78, 5) is 28.9. The highest BCUT2D eigenvalue weighted by Crippen LogP contribution is 2.21. The van der Waals surface area contributed by atoms with Gasteiger partial charge in [-0.2, -0.15) is 0 Å². The summed E-state index contributed by atoms with van der Waals surface area (Å²) in [6, 6.07) is 22.7. The Balaban J connectivity index is 1.33. The summed E-state index contributed by atoms with van der Waals surface area (Å²) in [6.45, 7) is 1.88. The number of ether oxygens (including phenoxy) is 1. The molecule has 4 aromatic rings. The molecule has 0 radical (unpaired) electrons. The second-order valence-corrected chi connectivity index (χ2v) is 7.59. The maximum absolute atomic E-state index is 13.0. The predicted molar refractivity (Wildman–Crippen MR) is 127 cm³/mol. The van der Waals surface area contributed by atoms with Crippen LogP contribution in [0.5, 0.6) is 11.5 Å². The molecule has 170 valence electrons. The largest absolute Gasteiger partial charge is 0.456 e. The molecular weight excluding hydrogens is 433 g/mol. The minimum Gasteiger partial charge on any atom is -0.456 e. The Morgan fingerprint density at radius 3 is 2.12 bits per heavy atom. The van der Waals surface area contributed by atoms with E-state index in [-0.39, 0.29) is 17.9 Å². The lowest BCUT2D eigenvalue weighted by atomic mass is 10.1. The standard InChI is InChI=1S/C27H22FN3O3/c1-18(19-6-12-23(13-7-19)31-27(33)20-4-10-22(28)11-5-20)30-26(32)21-8-14-24(15-9-21)34-25-3-2-16-29-17-25/h2-18H,1H3,(H,30,32)(H,31,33). The second-order valence-electron chi connectivity index (χ2n) is 7.59. The van der Waals surface area contributed by atoms with Gasteiger partial charge in [0.25, 0.3) is 11.8 Å². The zero-order valence-corrected chi connectivity index (χ0v) is 18.4. The number of aromatic nitrogens is 1. The molecule has 1 aromatic heterocycles. The van der Waals surface area contributed by atoms with E-state index in [0.717, 1.165) is 5.56 Å². The minimum absolute atomic E-state index is 0.214. The fourth-order valence-electron chi connectivity index (χ4n) is 3.24. The Labute approximate surface area is 196 Å². The molecule has 0 aliphatic rings. The first-order valence-corrected chi connectivity index (χ1v) is 10.6. The van der Waals surface area contributed by atoms with Crippen molar-refractivity contribution < 1.29 is 18.7 Å². The number of pyridine rings is 1. The van der Waals surface area contributed by atoms with Gasteiger partial charge >= 0.3 is 0 Å². The average Bonchev–Trinajstić information content (AvgIpc) is 2.86. The SMILES string of the molecule is CC(NC(=O)c1ccc(Oc2cccnc2)cc1)c1ccc(NC(=O)c2ccc(F)cc2)cc1. The molecule has 1 atom stereocenters. The molecular formula is C27H22FN3O3.